The number of methoxy groups -OCH3 is 1. The molecule has 1 aliphatic rings. The predicted octanol–water partition coefficient (Wildman–Crippen LogP) is -0.226. The van der Waals surface area contributed by atoms with Gasteiger partial charge in [-0.05, 0) is 45.3 Å². The molecule has 0 atom stereocenters. The summed E-state index contributed by atoms with van der Waals surface area (Å²) in [7, 11) is 3.87. The van der Waals surface area contributed by atoms with Crippen LogP contribution in [0.5, 0.6) is 0 Å². The van der Waals surface area contributed by atoms with E-state index in [1.165, 1.54) is 25.9 Å². The molecule has 18 heavy (non-hydrogen) atoms. The Hall–Kier alpha value is -0.850. The topological polar surface area (TPSA) is 74.9 Å². The van der Waals surface area contributed by atoms with E-state index < -0.39 is 0 Å². The molecule has 1 rings (SSSR count). The molecular weight excluding hydrogens is 230 g/mol. The number of aliphatic imine (C=N–C) groups is 1. The first-order chi connectivity index (χ1) is 8.76. The number of nitrogens with one attached hydrogen (secondary N) is 2. The third kappa shape index (κ3) is 6.18. The van der Waals surface area contributed by atoms with Crippen LogP contribution in [-0.2, 0) is 4.74 Å². The molecule has 0 bridgehead atoms. The van der Waals surface area contributed by atoms with Gasteiger partial charge in [-0.1, -0.05) is 0 Å². The smallest absolute Gasteiger partial charge is 0.205 e. The first-order valence-electron chi connectivity index (χ1n) is 6.68. The Morgan fingerprint density at radius 3 is 2.78 bits per heavy atom. The highest BCUT2D eigenvalue weighted by Crippen LogP contribution is 2.15. The number of hydrogen-bond acceptors (Lipinski definition) is 4. The molecule has 0 unspecified atom stereocenters. The van der Waals surface area contributed by atoms with Crippen LogP contribution in [0.3, 0.4) is 0 Å². The zero-order chi connectivity index (χ0) is 13.2. The van der Waals surface area contributed by atoms with Crippen molar-refractivity contribution in [2.24, 2.45) is 16.8 Å². The van der Waals surface area contributed by atoms with Crippen LogP contribution < -0.4 is 16.6 Å². The summed E-state index contributed by atoms with van der Waals surface area (Å²) < 4.78 is 4.99. The highest BCUT2D eigenvalue weighted by Gasteiger charge is 2.16. The maximum atomic E-state index is 5.44. The van der Waals surface area contributed by atoms with Gasteiger partial charge in [-0.15, -0.1) is 0 Å². The molecule has 0 aromatic heterocycles. The number of ether oxygens (including phenoxy) is 1. The molecule has 1 heterocycles. The van der Waals surface area contributed by atoms with E-state index in [1.54, 1.807) is 7.11 Å². The van der Waals surface area contributed by atoms with E-state index in [4.69, 9.17) is 10.6 Å². The third-order valence-corrected chi connectivity index (χ3v) is 3.30. The normalized spacial score (nSPS) is 18.9. The van der Waals surface area contributed by atoms with E-state index >= 15 is 0 Å². The van der Waals surface area contributed by atoms with Crippen molar-refractivity contribution in [1.82, 2.24) is 15.6 Å². The first kappa shape index (κ1) is 15.2. The van der Waals surface area contributed by atoms with Gasteiger partial charge in [-0.25, -0.2) is 5.84 Å². The number of hydrogen-bond donors (Lipinski definition) is 3. The van der Waals surface area contributed by atoms with Gasteiger partial charge in [0.15, 0.2) is 0 Å². The predicted molar refractivity (Wildman–Crippen MR) is 74.3 cm³/mol. The summed E-state index contributed by atoms with van der Waals surface area (Å²) in [6, 6.07) is 0. The lowest BCUT2D eigenvalue weighted by molar-refractivity contribution is 0.195. The van der Waals surface area contributed by atoms with Crippen LogP contribution in [0, 0.1) is 5.92 Å². The van der Waals surface area contributed by atoms with Gasteiger partial charge >= 0.3 is 0 Å². The summed E-state index contributed by atoms with van der Waals surface area (Å²) in [4.78, 5) is 6.87. The standard InChI is InChI=1S/C12H27N5O/c1-17-7-4-11(5-8-17)10-15-12(16-13)14-6-3-9-18-2/h11H,3-10,13H2,1-2H3,(H2,14,15,16). The summed E-state index contributed by atoms with van der Waals surface area (Å²) >= 11 is 0. The lowest BCUT2D eigenvalue weighted by Gasteiger charge is -2.27. The van der Waals surface area contributed by atoms with Gasteiger partial charge in [0.2, 0.25) is 5.96 Å². The maximum Gasteiger partial charge on any atom is 0.205 e. The number of nitrogens with zero attached hydrogens (tertiary/aromatic N) is 2. The number of nitrogens with two attached hydrogens (primary N) is 1. The molecular formula is C12H27N5O. The molecule has 0 aromatic rings. The fourth-order valence-corrected chi connectivity index (χ4v) is 2.04. The molecule has 1 aliphatic heterocycles. The number of rotatable bonds is 6. The summed E-state index contributed by atoms with van der Waals surface area (Å²) in [6.07, 6.45) is 3.40. The van der Waals surface area contributed by atoms with Gasteiger partial charge in [0, 0.05) is 26.8 Å². The SMILES string of the molecule is COCCCNC(=NCC1CCN(C)CC1)NN. The van der Waals surface area contributed by atoms with E-state index in [2.05, 4.69) is 27.7 Å². The number of piperidine rings is 1. The van der Waals surface area contributed by atoms with Gasteiger partial charge in [0.05, 0.1) is 0 Å². The zero-order valence-corrected chi connectivity index (χ0v) is 11.6. The Bertz CT molecular complexity index is 239. The third-order valence-electron chi connectivity index (χ3n) is 3.30. The van der Waals surface area contributed by atoms with Crippen LogP contribution in [0.25, 0.3) is 0 Å². The van der Waals surface area contributed by atoms with E-state index in [0.717, 1.165) is 26.1 Å². The van der Waals surface area contributed by atoms with Gasteiger partial charge in [0.25, 0.3) is 0 Å². The van der Waals surface area contributed by atoms with Gasteiger partial charge < -0.3 is 15.0 Å². The van der Waals surface area contributed by atoms with Gasteiger partial charge in [-0.2, -0.15) is 0 Å². The molecule has 4 N–H and O–H groups in total. The fourth-order valence-electron chi connectivity index (χ4n) is 2.04. The second-order valence-electron chi connectivity index (χ2n) is 4.85. The van der Waals surface area contributed by atoms with E-state index in [9.17, 15) is 0 Å². The van der Waals surface area contributed by atoms with Crippen molar-refractivity contribution in [2.45, 2.75) is 19.3 Å². The van der Waals surface area contributed by atoms with Crippen molar-refractivity contribution in [3.05, 3.63) is 0 Å². The average Bonchev–Trinajstić information content (AvgIpc) is 2.40. The molecule has 6 heteroatoms. The average molecular weight is 257 g/mol. The van der Waals surface area contributed by atoms with Crippen LogP contribution in [0.15, 0.2) is 4.99 Å². The van der Waals surface area contributed by atoms with Crippen molar-refractivity contribution >= 4 is 5.96 Å². The Balaban J connectivity index is 2.20. The minimum Gasteiger partial charge on any atom is -0.385 e. The summed E-state index contributed by atoms with van der Waals surface area (Å²) in [5.41, 5.74) is 2.61. The van der Waals surface area contributed by atoms with Crippen molar-refractivity contribution in [3.63, 3.8) is 0 Å². The van der Waals surface area contributed by atoms with Crippen LogP contribution in [0.4, 0.5) is 0 Å². The van der Waals surface area contributed by atoms with Crippen LogP contribution >= 0.6 is 0 Å². The van der Waals surface area contributed by atoms with Crippen molar-refractivity contribution < 1.29 is 4.74 Å². The molecule has 106 valence electrons. The van der Waals surface area contributed by atoms with Crippen LogP contribution in [-0.4, -0.2) is 57.8 Å². The van der Waals surface area contributed by atoms with Crippen LogP contribution in [0.1, 0.15) is 19.3 Å². The molecule has 0 radical (unpaired) electrons. The highest BCUT2D eigenvalue weighted by molar-refractivity contribution is 5.79. The Morgan fingerprint density at radius 1 is 1.44 bits per heavy atom. The molecule has 1 saturated heterocycles. The minimum absolute atomic E-state index is 0.685. The lowest BCUT2D eigenvalue weighted by Crippen LogP contribution is -2.42. The van der Waals surface area contributed by atoms with E-state index in [-0.39, 0.29) is 0 Å². The van der Waals surface area contributed by atoms with Crippen molar-refractivity contribution in [3.8, 4) is 0 Å². The Kier molecular flexibility index (Phi) is 7.71. The lowest BCUT2D eigenvalue weighted by atomic mass is 9.97. The van der Waals surface area contributed by atoms with Gasteiger partial charge in [0.1, 0.15) is 0 Å². The number of guanidine groups is 1. The van der Waals surface area contributed by atoms with Gasteiger partial charge in [-0.3, -0.25) is 10.4 Å². The quantitative estimate of drug-likeness (QED) is 0.202. The fraction of sp³-hybridized carbons (Fsp3) is 0.917. The second kappa shape index (κ2) is 9.13. The second-order valence-corrected chi connectivity index (χ2v) is 4.85. The first-order valence-corrected chi connectivity index (χ1v) is 6.68. The van der Waals surface area contributed by atoms with Crippen molar-refractivity contribution in [2.75, 3.05) is 46.9 Å². The van der Waals surface area contributed by atoms with E-state index in [1.807, 2.05) is 0 Å². The summed E-state index contributed by atoms with van der Waals surface area (Å²) in [5.74, 6) is 6.81. The molecule has 0 aromatic carbocycles. The number of likely N-dealkylation sites (tertiary alicyclic amines) is 1. The molecule has 0 saturated carbocycles. The van der Waals surface area contributed by atoms with Crippen molar-refractivity contribution in [1.29, 1.82) is 0 Å². The summed E-state index contributed by atoms with van der Waals surface area (Å²) in [6.45, 7) is 4.77. The molecule has 0 spiro atoms. The number of hydrazine groups is 1. The van der Waals surface area contributed by atoms with E-state index in [0.29, 0.717) is 11.9 Å². The molecule has 0 amide bonds. The molecule has 6 nitrogen and oxygen atoms in total. The Labute approximate surface area is 110 Å². The zero-order valence-electron chi connectivity index (χ0n) is 11.6. The summed E-state index contributed by atoms with van der Waals surface area (Å²) in [5, 5.41) is 3.18. The minimum atomic E-state index is 0.685. The maximum absolute atomic E-state index is 5.44. The Morgan fingerprint density at radius 2 is 2.17 bits per heavy atom. The molecule has 0 aliphatic carbocycles. The monoisotopic (exact) mass is 257 g/mol. The molecule has 1 fully saturated rings. The largest absolute Gasteiger partial charge is 0.385 e. The van der Waals surface area contributed by atoms with Crippen LogP contribution in [0.2, 0.25) is 0 Å². The highest BCUT2D eigenvalue weighted by atomic mass is 16.5.